The van der Waals surface area contributed by atoms with Crippen LogP contribution in [0.2, 0.25) is 0 Å². The van der Waals surface area contributed by atoms with Gasteiger partial charge in [0.25, 0.3) is 11.8 Å². The van der Waals surface area contributed by atoms with Gasteiger partial charge < -0.3 is 4.74 Å². The molecule has 0 aromatic heterocycles. The third-order valence-electron chi connectivity index (χ3n) is 4.51. The number of thioether (sulfide) groups is 1. The Morgan fingerprint density at radius 2 is 1.55 bits per heavy atom. The second kappa shape index (κ2) is 8.46. The van der Waals surface area contributed by atoms with Crippen molar-refractivity contribution < 1.29 is 14.3 Å². The van der Waals surface area contributed by atoms with Gasteiger partial charge in [0.15, 0.2) is 0 Å². The Morgan fingerprint density at radius 3 is 2.10 bits per heavy atom. The van der Waals surface area contributed by atoms with E-state index in [0.29, 0.717) is 21.9 Å². The highest BCUT2D eigenvalue weighted by Gasteiger charge is 2.41. The van der Waals surface area contributed by atoms with Crippen LogP contribution >= 0.6 is 11.8 Å². The lowest BCUT2D eigenvalue weighted by molar-refractivity contribution is -0.119. The fourth-order valence-corrected chi connectivity index (χ4v) is 4.35. The Kier molecular flexibility index (Phi) is 6.18. The van der Waals surface area contributed by atoms with Crippen LogP contribution in [0.1, 0.15) is 44.4 Å². The molecule has 0 radical (unpaired) electrons. The van der Waals surface area contributed by atoms with Crippen LogP contribution in [-0.4, -0.2) is 23.2 Å². The zero-order valence-corrected chi connectivity index (χ0v) is 18.6. The number of hydrogen-bond donors (Lipinski definition) is 0. The zero-order valence-electron chi connectivity index (χ0n) is 17.8. The number of carbonyl (C=O) groups is 2. The van der Waals surface area contributed by atoms with Crippen molar-refractivity contribution in [2.75, 3.05) is 4.90 Å². The van der Waals surface area contributed by atoms with Gasteiger partial charge in [-0.3, -0.25) is 9.59 Å². The van der Waals surface area contributed by atoms with E-state index in [1.807, 2.05) is 59.7 Å². The predicted molar refractivity (Wildman–Crippen MR) is 120 cm³/mol. The highest BCUT2D eigenvalue weighted by Crippen LogP contribution is 2.41. The number of benzene rings is 2. The molecule has 0 fully saturated rings. The minimum atomic E-state index is -0.275. The number of anilines is 1. The van der Waals surface area contributed by atoms with Crippen molar-refractivity contribution in [3.63, 3.8) is 0 Å². The number of aryl methyl sites for hydroxylation is 2. The van der Waals surface area contributed by atoms with Crippen molar-refractivity contribution in [2.24, 2.45) is 0 Å². The molecule has 3 rings (SSSR count). The summed E-state index contributed by atoms with van der Waals surface area (Å²) in [5.74, 6) is 0.172. The molecule has 0 saturated carbocycles. The van der Waals surface area contributed by atoms with Crippen molar-refractivity contribution >= 4 is 34.8 Å². The molecule has 0 N–H and O–H groups in total. The molecule has 4 nitrogen and oxygen atoms in total. The first-order valence-electron chi connectivity index (χ1n) is 9.83. The van der Waals surface area contributed by atoms with E-state index in [-0.39, 0.29) is 23.2 Å². The molecule has 1 aliphatic rings. The molecule has 1 aliphatic heterocycles. The SMILES string of the molecule is Cc1ccc(C2=C(SC(C)C)C(=O)N(c3ccc(OC(C)C)cc3)C2=O)c(C)c1. The first kappa shape index (κ1) is 21.2. The molecule has 2 aromatic carbocycles. The number of carbonyl (C=O) groups excluding carboxylic acids is 2. The number of ether oxygens (including phenoxy) is 1. The summed E-state index contributed by atoms with van der Waals surface area (Å²) in [5.41, 5.74) is 3.98. The summed E-state index contributed by atoms with van der Waals surface area (Å²) in [6, 6.07) is 13.1. The summed E-state index contributed by atoms with van der Waals surface area (Å²) in [4.78, 5) is 28.5. The number of imide groups is 1. The molecule has 29 heavy (non-hydrogen) atoms. The van der Waals surface area contributed by atoms with Crippen molar-refractivity contribution in [1.82, 2.24) is 0 Å². The Bertz CT molecular complexity index is 974. The molecule has 5 heteroatoms. The van der Waals surface area contributed by atoms with Crippen LogP contribution in [0.15, 0.2) is 47.4 Å². The van der Waals surface area contributed by atoms with Crippen LogP contribution in [0.25, 0.3) is 5.57 Å². The van der Waals surface area contributed by atoms with E-state index in [9.17, 15) is 9.59 Å². The van der Waals surface area contributed by atoms with E-state index in [4.69, 9.17) is 4.74 Å². The summed E-state index contributed by atoms with van der Waals surface area (Å²) in [7, 11) is 0. The molecule has 2 amide bonds. The second-order valence-corrected chi connectivity index (χ2v) is 9.38. The van der Waals surface area contributed by atoms with Gasteiger partial charge in [0.1, 0.15) is 5.75 Å². The minimum Gasteiger partial charge on any atom is -0.491 e. The smallest absolute Gasteiger partial charge is 0.272 e. The summed E-state index contributed by atoms with van der Waals surface area (Å²) in [5, 5.41) is 0.185. The number of hydrogen-bond acceptors (Lipinski definition) is 4. The first-order chi connectivity index (χ1) is 13.7. The van der Waals surface area contributed by atoms with Crippen molar-refractivity contribution in [1.29, 1.82) is 0 Å². The number of rotatable bonds is 6. The van der Waals surface area contributed by atoms with Crippen LogP contribution in [0.4, 0.5) is 5.69 Å². The van der Waals surface area contributed by atoms with Crippen LogP contribution in [0.5, 0.6) is 5.75 Å². The van der Waals surface area contributed by atoms with E-state index < -0.39 is 0 Å². The Morgan fingerprint density at radius 1 is 0.897 bits per heavy atom. The van der Waals surface area contributed by atoms with Gasteiger partial charge in [-0.15, -0.1) is 11.8 Å². The van der Waals surface area contributed by atoms with Crippen LogP contribution < -0.4 is 9.64 Å². The summed E-state index contributed by atoms with van der Waals surface area (Å²) >= 11 is 1.44. The average Bonchev–Trinajstić information content (AvgIpc) is 2.86. The normalized spacial score (nSPS) is 14.6. The highest BCUT2D eigenvalue weighted by atomic mass is 32.2. The minimum absolute atomic E-state index is 0.0581. The van der Waals surface area contributed by atoms with Crippen molar-refractivity contribution in [3.8, 4) is 5.75 Å². The molecule has 0 saturated heterocycles. The monoisotopic (exact) mass is 409 g/mol. The van der Waals surface area contributed by atoms with E-state index >= 15 is 0 Å². The van der Waals surface area contributed by atoms with E-state index in [1.165, 1.54) is 16.7 Å². The summed E-state index contributed by atoms with van der Waals surface area (Å²) in [6.45, 7) is 12.0. The maximum absolute atomic E-state index is 13.4. The lowest BCUT2D eigenvalue weighted by Gasteiger charge is -2.17. The lowest BCUT2D eigenvalue weighted by atomic mass is 9.99. The van der Waals surface area contributed by atoms with Gasteiger partial charge in [-0.25, -0.2) is 4.90 Å². The van der Waals surface area contributed by atoms with Gasteiger partial charge in [0, 0.05) is 5.25 Å². The van der Waals surface area contributed by atoms with Crippen LogP contribution in [-0.2, 0) is 9.59 Å². The Labute approximate surface area is 176 Å². The van der Waals surface area contributed by atoms with Crippen molar-refractivity contribution in [3.05, 3.63) is 64.1 Å². The van der Waals surface area contributed by atoms with Gasteiger partial charge in [-0.1, -0.05) is 37.6 Å². The molecule has 0 atom stereocenters. The Balaban J connectivity index is 2.03. The molecule has 0 unspecified atom stereocenters. The van der Waals surface area contributed by atoms with Gasteiger partial charge in [0.2, 0.25) is 0 Å². The first-order valence-corrected chi connectivity index (χ1v) is 10.7. The highest BCUT2D eigenvalue weighted by molar-refractivity contribution is 8.04. The van der Waals surface area contributed by atoms with Gasteiger partial charge >= 0.3 is 0 Å². The van der Waals surface area contributed by atoms with Crippen LogP contribution in [0.3, 0.4) is 0 Å². The molecule has 152 valence electrons. The number of amides is 2. The fourth-order valence-electron chi connectivity index (χ4n) is 3.37. The third kappa shape index (κ3) is 4.40. The third-order valence-corrected chi connectivity index (χ3v) is 5.60. The maximum atomic E-state index is 13.4. The molecule has 0 spiro atoms. The largest absolute Gasteiger partial charge is 0.491 e. The molecule has 1 heterocycles. The van der Waals surface area contributed by atoms with Gasteiger partial charge in [0.05, 0.1) is 22.3 Å². The predicted octanol–water partition coefficient (Wildman–Crippen LogP) is 5.52. The molecule has 0 aliphatic carbocycles. The Hall–Kier alpha value is -2.53. The van der Waals surface area contributed by atoms with E-state index in [1.54, 1.807) is 24.3 Å². The molecule has 2 aromatic rings. The maximum Gasteiger partial charge on any atom is 0.272 e. The quantitative estimate of drug-likeness (QED) is 0.590. The molecular weight excluding hydrogens is 382 g/mol. The molecular formula is C24H27NO3S. The van der Waals surface area contributed by atoms with Gasteiger partial charge in [-0.05, 0) is 63.1 Å². The van der Waals surface area contributed by atoms with Crippen LogP contribution in [0, 0.1) is 13.8 Å². The van der Waals surface area contributed by atoms with Gasteiger partial charge in [-0.2, -0.15) is 0 Å². The average molecular weight is 410 g/mol. The lowest BCUT2D eigenvalue weighted by Crippen LogP contribution is -2.31. The second-order valence-electron chi connectivity index (χ2n) is 7.80. The summed E-state index contributed by atoms with van der Waals surface area (Å²) in [6.07, 6.45) is 0.0581. The zero-order chi connectivity index (χ0) is 21.3. The van der Waals surface area contributed by atoms with Crippen molar-refractivity contribution in [2.45, 2.75) is 52.9 Å². The van der Waals surface area contributed by atoms with E-state index in [2.05, 4.69) is 0 Å². The standard InChI is InChI=1S/C24H27NO3S/c1-14(2)28-19-10-8-18(9-11-19)25-23(26)21(22(24(25)27)29-15(3)4)20-12-7-16(5)13-17(20)6/h7-15H,1-6H3. The van der Waals surface area contributed by atoms with E-state index in [0.717, 1.165) is 16.7 Å². The topological polar surface area (TPSA) is 46.6 Å². The fraction of sp³-hybridized carbons (Fsp3) is 0.333. The summed E-state index contributed by atoms with van der Waals surface area (Å²) < 4.78 is 5.67. The number of nitrogens with zero attached hydrogens (tertiary/aromatic N) is 1. The molecule has 0 bridgehead atoms.